The predicted octanol–water partition coefficient (Wildman–Crippen LogP) is 1.57. The smallest absolute Gasteiger partial charge is 0.305 e. The number of nitrogens with zero attached hydrogens (tertiary/aromatic N) is 2. The molecule has 0 unspecified atom stereocenters. The Morgan fingerprint density at radius 3 is 2.76 bits per heavy atom. The van der Waals surface area contributed by atoms with E-state index < -0.39 is 33.7 Å². The first-order valence-corrected chi connectivity index (χ1v) is 5.89. The molecule has 7 nitrogen and oxygen atoms in total. The normalized spacial score (nSPS) is 10.4. The van der Waals surface area contributed by atoms with Crippen LogP contribution in [0.2, 0.25) is 0 Å². The van der Waals surface area contributed by atoms with Crippen molar-refractivity contribution in [1.82, 2.24) is 15.3 Å². The van der Waals surface area contributed by atoms with Crippen molar-refractivity contribution in [3.63, 3.8) is 0 Å². The minimum Gasteiger partial charge on any atom is -0.351 e. The fourth-order valence-electron chi connectivity index (χ4n) is 1.68. The molecule has 21 heavy (non-hydrogen) atoms. The number of nitro groups is 1. The van der Waals surface area contributed by atoms with Gasteiger partial charge in [0.25, 0.3) is 5.91 Å². The van der Waals surface area contributed by atoms with Gasteiger partial charge in [0, 0.05) is 37.5 Å². The molecule has 0 radical (unpaired) electrons. The molecule has 2 rings (SSSR count). The van der Waals surface area contributed by atoms with Crippen molar-refractivity contribution in [2.24, 2.45) is 0 Å². The van der Waals surface area contributed by atoms with Gasteiger partial charge in [-0.3, -0.25) is 14.9 Å². The minimum absolute atomic E-state index is 0.150. The van der Waals surface area contributed by atoms with Gasteiger partial charge in [0.05, 0.1) is 10.5 Å². The number of imidazole rings is 1. The highest BCUT2D eigenvalue weighted by Gasteiger charge is 2.22. The number of nitro benzene ring substituents is 1. The highest BCUT2D eigenvalue weighted by Crippen LogP contribution is 2.21. The van der Waals surface area contributed by atoms with Gasteiger partial charge in [0.15, 0.2) is 0 Å². The van der Waals surface area contributed by atoms with E-state index >= 15 is 0 Å². The van der Waals surface area contributed by atoms with Crippen LogP contribution in [0, 0.1) is 21.7 Å². The van der Waals surface area contributed by atoms with Crippen molar-refractivity contribution in [3.05, 3.63) is 57.7 Å². The molecule has 110 valence electrons. The second kappa shape index (κ2) is 6.07. The molecule has 9 heteroatoms. The fraction of sp³-hybridized carbons (Fsp3) is 0.167. The van der Waals surface area contributed by atoms with Crippen molar-refractivity contribution in [3.8, 4) is 0 Å². The van der Waals surface area contributed by atoms with Gasteiger partial charge in [-0.05, 0) is 0 Å². The van der Waals surface area contributed by atoms with Gasteiger partial charge in [-0.2, -0.15) is 4.39 Å². The number of carbonyl (C=O) groups is 1. The fourth-order valence-corrected chi connectivity index (χ4v) is 1.68. The van der Waals surface area contributed by atoms with Gasteiger partial charge in [-0.25, -0.2) is 9.37 Å². The SMILES string of the molecule is O=C(NCCc1ncc[nH]1)c1cc([N+](=O)[O-])c(F)cc1F. The van der Waals surface area contributed by atoms with Crippen molar-refractivity contribution >= 4 is 11.6 Å². The Kier molecular flexibility index (Phi) is 4.21. The molecular formula is C12H10F2N4O3. The second-order valence-electron chi connectivity index (χ2n) is 4.08. The number of hydrogen-bond donors (Lipinski definition) is 2. The van der Waals surface area contributed by atoms with E-state index in [0.717, 1.165) is 0 Å². The largest absolute Gasteiger partial charge is 0.351 e. The molecule has 0 saturated carbocycles. The summed E-state index contributed by atoms with van der Waals surface area (Å²) in [7, 11) is 0. The first kappa shape index (κ1) is 14.6. The molecule has 0 aliphatic carbocycles. The van der Waals surface area contributed by atoms with Crippen LogP contribution in [-0.2, 0) is 6.42 Å². The number of H-pyrrole nitrogens is 1. The van der Waals surface area contributed by atoms with E-state index in [0.29, 0.717) is 24.4 Å². The number of aromatic nitrogens is 2. The molecule has 0 spiro atoms. The molecule has 2 N–H and O–H groups in total. The summed E-state index contributed by atoms with van der Waals surface area (Å²) in [6.07, 6.45) is 3.53. The lowest BCUT2D eigenvalue weighted by atomic mass is 10.1. The average Bonchev–Trinajstić information content (AvgIpc) is 2.91. The van der Waals surface area contributed by atoms with E-state index in [1.54, 1.807) is 12.4 Å². The summed E-state index contributed by atoms with van der Waals surface area (Å²) >= 11 is 0. The molecular weight excluding hydrogens is 286 g/mol. The monoisotopic (exact) mass is 296 g/mol. The summed E-state index contributed by atoms with van der Waals surface area (Å²) in [5, 5.41) is 13.0. The highest BCUT2D eigenvalue weighted by molar-refractivity contribution is 5.95. The van der Waals surface area contributed by atoms with E-state index in [9.17, 15) is 23.7 Å². The van der Waals surface area contributed by atoms with Gasteiger partial charge >= 0.3 is 5.69 Å². The summed E-state index contributed by atoms with van der Waals surface area (Å²) in [5.74, 6) is -2.72. The zero-order valence-electron chi connectivity index (χ0n) is 10.6. The first-order chi connectivity index (χ1) is 9.99. The van der Waals surface area contributed by atoms with Crippen LogP contribution in [0.5, 0.6) is 0 Å². The van der Waals surface area contributed by atoms with Crippen LogP contribution in [0.1, 0.15) is 16.2 Å². The third-order valence-corrected chi connectivity index (χ3v) is 2.68. The number of halogens is 2. The third kappa shape index (κ3) is 3.38. The topological polar surface area (TPSA) is 101 Å². The zero-order valence-corrected chi connectivity index (χ0v) is 10.6. The molecule has 0 fully saturated rings. The molecule has 2 aromatic rings. The van der Waals surface area contributed by atoms with E-state index in [4.69, 9.17) is 0 Å². The molecule has 0 saturated heterocycles. The first-order valence-electron chi connectivity index (χ1n) is 5.89. The van der Waals surface area contributed by atoms with Crippen molar-refractivity contribution in [2.75, 3.05) is 6.54 Å². The Balaban J connectivity index is 2.08. The summed E-state index contributed by atoms with van der Waals surface area (Å²) in [6, 6.07) is 0.895. The van der Waals surface area contributed by atoms with Gasteiger partial charge < -0.3 is 10.3 Å². The molecule has 1 amide bonds. The van der Waals surface area contributed by atoms with Crippen LogP contribution in [-0.4, -0.2) is 27.3 Å². The number of carbonyl (C=O) groups excluding carboxylic acids is 1. The van der Waals surface area contributed by atoms with Crippen LogP contribution < -0.4 is 5.32 Å². The van der Waals surface area contributed by atoms with Crippen LogP contribution >= 0.6 is 0 Å². The molecule has 0 atom stereocenters. The Hall–Kier alpha value is -2.84. The number of nitrogens with one attached hydrogen (secondary N) is 2. The highest BCUT2D eigenvalue weighted by atomic mass is 19.1. The van der Waals surface area contributed by atoms with E-state index in [-0.39, 0.29) is 6.54 Å². The summed E-state index contributed by atoms with van der Waals surface area (Å²) in [6.45, 7) is 0.150. The molecule has 1 heterocycles. The minimum atomic E-state index is -1.33. The summed E-state index contributed by atoms with van der Waals surface area (Å²) in [4.78, 5) is 28.1. The molecule has 0 aliphatic rings. The Morgan fingerprint density at radius 2 is 2.14 bits per heavy atom. The van der Waals surface area contributed by atoms with Crippen LogP contribution in [0.4, 0.5) is 14.5 Å². The van der Waals surface area contributed by atoms with Crippen molar-refractivity contribution < 1.29 is 18.5 Å². The van der Waals surface area contributed by atoms with Gasteiger partial charge in [-0.15, -0.1) is 0 Å². The number of aromatic amines is 1. The summed E-state index contributed by atoms with van der Waals surface area (Å²) in [5.41, 5.74) is -1.53. The Bertz CT molecular complexity index is 673. The number of benzene rings is 1. The van der Waals surface area contributed by atoms with Crippen molar-refractivity contribution in [2.45, 2.75) is 6.42 Å². The average molecular weight is 296 g/mol. The van der Waals surface area contributed by atoms with Crippen LogP contribution in [0.3, 0.4) is 0 Å². The maximum Gasteiger partial charge on any atom is 0.305 e. The number of rotatable bonds is 5. The maximum atomic E-state index is 13.5. The van der Waals surface area contributed by atoms with Crippen molar-refractivity contribution in [1.29, 1.82) is 0 Å². The zero-order chi connectivity index (χ0) is 15.4. The van der Waals surface area contributed by atoms with E-state index in [1.165, 1.54) is 0 Å². The van der Waals surface area contributed by atoms with E-state index in [2.05, 4.69) is 15.3 Å². The molecule has 1 aromatic carbocycles. The quantitative estimate of drug-likeness (QED) is 0.646. The summed E-state index contributed by atoms with van der Waals surface area (Å²) < 4.78 is 26.7. The lowest BCUT2D eigenvalue weighted by Crippen LogP contribution is -2.27. The molecule has 0 bridgehead atoms. The predicted molar refractivity (Wildman–Crippen MR) is 67.6 cm³/mol. The standard InChI is InChI=1S/C12H10F2N4O3/c13-8-6-9(14)10(18(20)21)5-7(8)12(19)17-2-1-11-15-3-4-16-11/h3-6H,1-2H2,(H,15,16)(H,17,19). The lowest BCUT2D eigenvalue weighted by molar-refractivity contribution is -0.387. The third-order valence-electron chi connectivity index (χ3n) is 2.68. The van der Waals surface area contributed by atoms with E-state index in [1.807, 2.05) is 0 Å². The maximum absolute atomic E-state index is 13.5. The molecule has 1 aromatic heterocycles. The lowest BCUT2D eigenvalue weighted by Gasteiger charge is -2.05. The molecule has 0 aliphatic heterocycles. The number of amides is 1. The van der Waals surface area contributed by atoms with Gasteiger partial charge in [0.2, 0.25) is 5.82 Å². The van der Waals surface area contributed by atoms with Crippen LogP contribution in [0.15, 0.2) is 24.5 Å². The van der Waals surface area contributed by atoms with Gasteiger partial charge in [-0.1, -0.05) is 0 Å². The second-order valence-corrected chi connectivity index (χ2v) is 4.08. The Labute approximate surface area is 117 Å². The number of hydrogen-bond acceptors (Lipinski definition) is 4. The van der Waals surface area contributed by atoms with Crippen LogP contribution in [0.25, 0.3) is 0 Å². The van der Waals surface area contributed by atoms with Gasteiger partial charge in [0.1, 0.15) is 11.6 Å². The Morgan fingerprint density at radius 1 is 1.38 bits per heavy atom.